The van der Waals surface area contributed by atoms with Crippen LogP contribution in [-0.2, 0) is 7.05 Å². The number of halogens is 2. The normalized spacial score (nSPS) is 13.4. The summed E-state index contributed by atoms with van der Waals surface area (Å²) in [7, 11) is 1.89. The van der Waals surface area contributed by atoms with E-state index < -0.39 is 23.7 Å². The molecule has 39 heavy (non-hydrogen) atoms. The summed E-state index contributed by atoms with van der Waals surface area (Å²) in [4.78, 5) is 37.5. The summed E-state index contributed by atoms with van der Waals surface area (Å²) in [6.45, 7) is 0.384. The lowest BCUT2D eigenvalue weighted by Crippen LogP contribution is -2.39. The number of hydrogen-bond acceptors (Lipinski definition) is 6. The highest BCUT2D eigenvalue weighted by molar-refractivity contribution is 7.22. The van der Waals surface area contributed by atoms with E-state index in [1.807, 2.05) is 23.9 Å². The van der Waals surface area contributed by atoms with Crippen molar-refractivity contribution in [3.8, 4) is 22.1 Å². The van der Waals surface area contributed by atoms with E-state index in [-0.39, 0.29) is 24.5 Å². The van der Waals surface area contributed by atoms with Crippen molar-refractivity contribution in [3.05, 3.63) is 85.0 Å². The van der Waals surface area contributed by atoms with Crippen molar-refractivity contribution >= 4 is 45.0 Å². The van der Waals surface area contributed by atoms with Crippen molar-refractivity contribution in [3.63, 3.8) is 0 Å². The van der Waals surface area contributed by atoms with E-state index in [0.717, 1.165) is 26.2 Å². The molecule has 0 spiro atoms. The van der Waals surface area contributed by atoms with E-state index in [2.05, 4.69) is 15.3 Å². The zero-order valence-corrected chi connectivity index (χ0v) is 21.3. The summed E-state index contributed by atoms with van der Waals surface area (Å²) < 4.78 is 36.7. The summed E-state index contributed by atoms with van der Waals surface area (Å²) in [6.07, 6.45) is 5.19. The Morgan fingerprint density at radius 1 is 1.03 bits per heavy atom. The monoisotopic (exact) mass is 546 g/mol. The number of anilines is 2. The molecule has 1 fully saturated rings. The molecule has 0 aliphatic carbocycles. The molecule has 5 aromatic rings. The molecule has 2 aromatic carbocycles. The summed E-state index contributed by atoms with van der Waals surface area (Å²) in [6, 6.07) is 11.7. The number of pyridine rings is 1. The number of carbonyl (C=O) groups is 2. The van der Waals surface area contributed by atoms with E-state index >= 15 is 4.39 Å². The molecule has 0 unspecified atom stereocenters. The molecule has 0 radical (unpaired) electrons. The number of imide groups is 1. The Labute approximate surface area is 224 Å². The number of aromatic nitrogens is 3. The fourth-order valence-corrected chi connectivity index (χ4v) is 5.25. The van der Waals surface area contributed by atoms with Crippen LogP contribution in [0, 0.1) is 11.6 Å². The fraction of sp³-hybridized carbons (Fsp3) is 0.111. The van der Waals surface area contributed by atoms with Crippen molar-refractivity contribution < 1.29 is 23.1 Å². The van der Waals surface area contributed by atoms with Gasteiger partial charge in [0.2, 0.25) is 0 Å². The molecule has 12 heteroatoms. The third kappa shape index (κ3) is 4.77. The summed E-state index contributed by atoms with van der Waals surface area (Å²) in [5, 5.41) is 2.55. The molecule has 3 aromatic heterocycles. The van der Waals surface area contributed by atoms with E-state index in [1.54, 1.807) is 18.6 Å². The molecule has 1 saturated heterocycles. The number of fused-ring (bicyclic) bond motifs is 1. The Morgan fingerprint density at radius 2 is 1.85 bits per heavy atom. The molecule has 4 amide bonds. The van der Waals surface area contributed by atoms with Gasteiger partial charge in [-0.1, -0.05) is 0 Å². The number of urea groups is 2. The van der Waals surface area contributed by atoms with Crippen molar-refractivity contribution in [2.45, 2.75) is 0 Å². The van der Waals surface area contributed by atoms with Crippen LogP contribution in [0.1, 0.15) is 0 Å². The van der Waals surface area contributed by atoms with Crippen molar-refractivity contribution in [2.75, 3.05) is 23.3 Å². The summed E-state index contributed by atoms with van der Waals surface area (Å²) >= 11 is 1.44. The Balaban J connectivity index is 1.16. The van der Waals surface area contributed by atoms with Crippen molar-refractivity contribution in [2.24, 2.45) is 7.05 Å². The van der Waals surface area contributed by atoms with Gasteiger partial charge in [-0.3, -0.25) is 9.88 Å². The molecule has 1 aliphatic heterocycles. The topological polar surface area (TPSA) is 92.6 Å². The Morgan fingerprint density at radius 3 is 2.59 bits per heavy atom. The summed E-state index contributed by atoms with van der Waals surface area (Å²) in [5.74, 6) is -0.716. The number of amides is 4. The van der Waals surface area contributed by atoms with Gasteiger partial charge >= 0.3 is 12.1 Å². The minimum Gasteiger partial charge on any atom is -0.453 e. The quantitative estimate of drug-likeness (QED) is 0.282. The lowest BCUT2D eigenvalue weighted by Gasteiger charge is -2.18. The van der Waals surface area contributed by atoms with Gasteiger partial charge in [-0.05, 0) is 42.5 Å². The van der Waals surface area contributed by atoms with E-state index in [1.165, 1.54) is 52.6 Å². The molecule has 1 aliphatic rings. The smallest absolute Gasteiger partial charge is 0.332 e. The minimum atomic E-state index is -0.700. The van der Waals surface area contributed by atoms with Crippen LogP contribution in [0.15, 0.2) is 73.3 Å². The second-order valence-electron chi connectivity index (χ2n) is 8.80. The third-order valence-electron chi connectivity index (χ3n) is 6.13. The molecule has 196 valence electrons. The van der Waals surface area contributed by atoms with Gasteiger partial charge in [0.05, 0.1) is 33.7 Å². The molecule has 9 nitrogen and oxygen atoms in total. The van der Waals surface area contributed by atoms with Crippen LogP contribution in [0.25, 0.3) is 20.8 Å². The first kappa shape index (κ1) is 24.5. The Bertz CT molecular complexity index is 1720. The van der Waals surface area contributed by atoms with Crippen molar-refractivity contribution in [1.29, 1.82) is 0 Å². The SMILES string of the molecule is Cn1cnc(-c2cc3nccc(Oc4ccc(NC(=O)N5CCN(c6ccc(F)cc6)C5=O)cc4F)c3s2)c1. The van der Waals surface area contributed by atoms with Crippen molar-refractivity contribution in [1.82, 2.24) is 19.4 Å². The maximum Gasteiger partial charge on any atom is 0.332 e. The molecule has 1 N–H and O–H groups in total. The first-order valence-electron chi connectivity index (χ1n) is 11.9. The Kier molecular flexibility index (Phi) is 6.15. The van der Waals surface area contributed by atoms with Gasteiger partial charge in [-0.25, -0.2) is 28.3 Å². The number of nitrogens with one attached hydrogen (secondary N) is 1. The van der Waals surface area contributed by atoms with E-state index in [9.17, 15) is 14.0 Å². The van der Waals surface area contributed by atoms with Crippen LogP contribution in [-0.4, -0.2) is 44.6 Å². The van der Waals surface area contributed by atoms with Gasteiger partial charge in [0.1, 0.15) is 11.6 Å². The number of nitrogens with zero attached hydrogens (tertiary/aromatic N) is 5. The predicted molar refractivity (Wildman–Crippen MR) is 143 cm³/mol. The maximum absolute atomic E-state index is 15.0. The number of aryl methyl sites for hydroxylation is 1. The highest BCUT2D eigenvalue weighted by atomic mass is 32.1. The highest BCUT2D eigenvalue weighted by Crippen LogP contribution is 2.39. The standard InChI is InChI=1S/C27H20F2N6O3S/c1-33-14-21(31-15-33)24-13-20-25(39-24)23(8-9-30-20)38-22-7-4-17(12-19(22)29)32-26(36)35-11-10-34(27(35)37)18-5-2-16(28)3-6-18/h2-9,12-15H,10-11H2,1H3,(H,32,36). The highest BCUT2D eigenvalue weighted by Gasteiger charge is 2.34. The van der Waals surface area contributed by atoms with Gasteiger partial charge in [-0.15, -0.1) is 11.3 Å². The van der Waals surface area contributed by atoms with Crippen LogP contribution >= 0.6 is 11.3 Å². The van der Waals surface area contributed by atoms with Crippen LogP contribution in [0.4, 0.5) is 29.7 Å². The van der Waals surface area contributed by atoms with Gasteiger partial charge in [0, 0.05) is 49.5 Å². The fourth-order valence-electron chi connectivity index (χ4n) is 4.22. The number of hydrogen-bond donors (Lipinski definition) is 1. The third-order valence-corrected chi connectivity index (χ3v) is 7.29. The first-order chi connectivity index (χ1) is 18.9. The average molecular weight is 547 g/mol. The summed E-state index contributed by atoms with van der Waals surface area (Å²) in [5.41, 5.74) is 2.14. The largest absolute Gasteiger partial charge is 0.453 e. The number of imidazole rings is 1. The van der Waals surface area contributed by atoms with Crippen LogP contribution < -0.4 is 15.0 Å². The van der Waals surface area contributed by atoms with E-state index in [4.69, 9.17) is 4.74 Å². The lowest BCUT2D eigenvalue weighted by molar-refractivity contribution is 0.209. The molecule has 0 saturated carbocycles. The zero-order valence-electron chi connectivity index (χ0n) is 20.5. The van der Waals surface area contributed by atoms with Gasteiger partial charge < -0.3 is 14.6 Å². The lowest BCUT2D eigenvalue weighted by atomic mass is 10.3. The van der Waals surface area contributed by atoms with Gasteiger partial charge in [0.25, 0.3) is 0 Å². The molecular weight excluding hydrogens is 526 g/mol. The molecular formula is C27H20F2N6O3S. The number of ether oxygens (including phenoxy) is 1. The van der Waals surface area contributed by atoms with Gasteiger partial charge in [-0.2, -0.15) is 0 Å². The zero-order chi connectivity index (χ0) is 27.1. The molecule has 0 bridgehead atoms. The van der Waals surface area contributed by atoms with Crippen LogP contribution in [0.5, 0.6) is 11.5 Å². The van der Waals surface area contributed by atoms with E-state index in [0.29, 0.717) is 17.0 Å². The minimum absolute atomic E-state index is 0.0342. The second kappa shape index (κ2) is 9.80. The van der Waals surface area contributed by atoms with Crippen LogP contribution in [0.3, 0.4) is 0 Å². The predicted octanol–water partition coefficient (Wildman–Crippen LogP) is 6.24. The first-order valence-corrected chi connectivity index (χ1v) is 12.7. The second-order valence-corrected chi connectivity index (χ2v) is 9.85. The number of rotatable bonds is 5. The number of thiophene rings is 1. The molecule has 6 rings (SSSR count). The average Bonchev–Trinajstić information content (AvgIpc) is 3.64. The van der Waals surface area contributed by atoms with Gasteiger partial charge in [0.15, 0.2) is 11.6 Å². The molecule has 0 atom stereocenters. The number of benzene rings is 2. The number of carbonyl (C=O) groups excluding carboxylic acids is 2. The molecule has 4 heterocycles. The van der Waals surface area contributed by atoms with Crippen LogP contribution in [0.2, 0.25) is 0 Å². The maximum atomic E-state index is 15.0. The Hall–Kier alpha value is -4.84.